The van der Waals surface area contributed by atoms with Gasteiger partial charge in [-0.25, -0.2) is 4.68 Å². The molecule has 0 fully saturated rings. The number of carbonyl (C=O) groups excluding carboxylic acids is 1. The molecule has 1 amide bonds. The summed E-state index contributed by atoms with van der Waals surface area (Å²) in [7, 11) is 3.58. The Bertz CT molecular complexity index is 983. The molecule has 144 valence electrons. The largest absolute Gasteiger partial charge is 0.377 e. The van der Waals surface area contributed by atoms with Gasteiger partial charge in [0, 0.05) is 44.7 Å². The van der Waals surface area contributed by atoms with E-state index in [1.165, 1.54) is 12.1 Å². The Kier molecular flexibility index (Phi) is 5.69. The van der Waals surface area contributed by atoms with Gasteiger partial charge in [0.25, 0.3) is 11.6 Å². The summed E-state index contributed by atoms with van der Waals surface area (Å²) < 4.78 is 1.78. The molecule has 0 atom stereocenters. The average molecular weight is 379 g/mol. The fraction of sp³-hybridized carbons (Fsp3) is 0.200. The zero-order valence-electron chi connectivity index (χ0n) is 15.7. The number of para-hydroxylation sites is 1. The van der Waals surface area contributed by atoms with Crippen LogP contribution < -0.4 is 10.2 Å². The first-order valence-corrected chi connectivity index (χ1v) is 8.78. The van der Waals surface area contributed by atoms with Crippen molar-refractivity contribution in [3.05, 3.63) is 82.2 Å². The number of nitrogens with one attached hydrogen (secondary N) is 1. The number of rotatable bonds is 7. The van der Waals surface area contributed by atoms with Gasteiger partial charge in [-0.15, -0.1) is 0 Å². The van der Waals surface area contributed by atoms with Crippen LogP contribution in [0.2, 0.25) is 0 Å². The fourth-order valence-electron chi connectivity index (χ4n) is 2.84. The van der Waals surface area contributed by atoms with Gasteiger partial charge in [0.2, 0.25) is 0 Å². The number of anilines is 1. The Balaban J connectivity index is 1.65. The molecule has 0 radical (unpaired) electrons. The van der Waals surface area contributed by atoms with Crippen molar-refractivity contribution in [2.45, 2.75) is 6.42 Å². The minimum absolute atomic E-state index is 0.111. The molecule has 1 aromatic heterocycles. The molecule has 3 rings (SSSR count). The van der Waals surface area contributed by atoms with Crippen molar-refractivity contribution < 1.29 is 9.72 Å². The lowest BCUT2D eigenvalue weighted by molar-refractivity contribution is -0.384. The lowest BCUT2D eigenvalue weighted by Crippen LogP contribution is -2.27. The Morgan fingerprint density at radius 2 is 1.96 bits per heavy atom. The Labute approximate surface area is 162 Å². The van der Waals surface area contributed by atoms with Gasteiger partial charge in [-0.05, 0) is 30.2 Å². The number of nitro benzene ring substituents is 1. The summed E-state index contributed by atoms with van der Waals surface area (Å²) in [6.45, 7) is 0.398. The number of hydrogen-bond acceptors (Lipinski definition) is 5. The fourth-order valence-corrected chi connectivity index (χ4v) is 2.84. The van der Waals surface area contributed by atoms with Crippen molar-refractivity contribution in [3.8, 4) is 5.69 Å². The van der Waals surface area contributed by atoms with E-state index in [0.717, 1.165) is 11.3 Å². The van der Waals surface area contributed by atoms with Gasteiger partial charge in [0.05, 0.1) is 22.4 Å². The van der Waals surface area contributed by atoms with Gasteiger partial charge in [-0.3, -0.25) is 14.9 Å². The maximum absolute atomic E-state index is 12.6. The third-order valence-corrected chi connectivity index (χ3v) is 4.27. The molecule has 0 aliphatic heterocycles. The summed E-state index contributed by atoms with van der Waals surface area (Å²) in [5.41, 5.74) is 2.74. The van der Waals surface area contributed by atoms with Crippen molar-refractivity contribution in [2.75, 3.05) is 25.5 Å². The molecule has 0 unspecified atom stereocenters. The monoisotopic (exact) mass is 379 g/mol. The van der Waals surface area contributed by atoms with E-state index in [1.54, 1.807) is 35.9 Å². The normalized spacial score (nSPS) is 10.5. The number of aromatic nitrogens is 2. The lowest BCUT2D eigenvalue weighted by Gasteiger charge is -2.16. The first kappa shape index (κ1) is 19.1. The maximum atomic E-state index is 12.6. The third kappa shape index (κ3) is 4.35. The molecule has 0 bridgehead atoms. The van der Waals surface area contributed by atoms with Gasteiger partial charge in [-0.1, -0.05) is 18.2 Å². The summed E-state index contributed by atoms with van der Waals surface area (Å²) in [5, 5.41) is 18.2. The SMILES string of the molecule is CN(C)c1ccc([N+](=O)[O-])cc1C(=O)NCCc1cnn(-c2ccccc2)c1. The highest BCUT2D eigenvalue weighted by Gasteiger charge is 2.17. The summed E-state index contributed by atoms with van der Waals surface area (Å²) >= 11 is 0. The molecule has 28 heavy (non-hydrogen) atoms. The van der Waals surface area contributed by atoms with Crippen molar-refractivity contribution in [2.24, 2.45) is 0 Å². The van der Waals surface area contributed by atoms with Crippen molar-refractivity contribution in [3.63, 3.8) is 0 Å². The van der Waals surface area contributed by atoms with E-state index in [-0.39, 0.29) is 17.2 Å². The van der Waals surface area contributed by atoms with Crippen molar-refractivity contribution >= 4 is 17.3 Å². The summed E-state index contributed by atoms with van der Waals surface area (Å²) in [6, 6.07) is 14.0. The van der Waals surface area contributed by atoms with Crippen LogP contribution in [0.4, 0.5) is 11.4 Å². The molecule has 0 spiro atoms. The van der Waals surface area contributed by atoms with Gasteiger partial charge in [0.15, 0.2) is 0 Å². The standard InChI is InChI=1S/C20H21N5O3/c1-23(2)19-9-8-17(25(27)28)12-18(19)20(26)21-11-10-15-13-22-24(14-15)16-6-4-3-5-7-16/h3-9,12-14H,10-11H2,1-2H3,(H,21,26). The third-order valence-electron chi connectivity index (χ3n) is 4.27. The summed E-state index contributed by atoms with van der Waals surface area (Å²) in [6.07, 6.45) is 4.28. The van der Waals surface area contributed by atoms with Crippen LogP contribution in [-0.2, 0) is 6.42 Å². The van der Waals surface area contributed by atoms with Crippen LogP contribution in [0.1, 0.15) is 15.9 Å². The zero-order valence-corrected chi connectivity index (χ0v) is 15.7. The van der Waals surface area contributed by atoms with Crippen LogP contribution >= 0.6 is 0 Å². The maximum Gasteiger partial charge on any atom is 0.270 e. The number of nitro groups is 1. The number of non-ortho nitro benzene ring substituents is 1. The number of carbonyl (C=O) groups is 1. The molecule has 0 aliphatic rings. The molecule has 8 heteroatoms. The van der Waals surface area contributed by atoms with Gasteiger partial charge < -0.3 is 10.2 Å². The second kappa shape index (κ2) is 8.34. The van der Waals surface area contributed by atoms with Crippen LogP contribution in [0.25, 0.3) is 5.69 Å². The van der Waals surface area contributed by atoms with E-state index in [2.05, 4.69) is 10.4 Å². The predicted octanol–water partition coefficient (Wildman–Crippen LogP) is 2.82. The first-order valence-electron chi connectivity index (χ1n) is 8.78. The molecule has 0 saturated carbocycles. The summed E-state index contributed by atoms with van der Waals surface area (Å²) in [5.74, 6) is -0.345. The number of nitrogens with zero attached hydrogens (tertiary/aromatic N) is 4. The molecule has 2 aromatic carbocycles. The van der Waals surface area contributed by atoms with Crippen LogP contribution in [0, 0.1) is 10.1 Å². The molecule has 0 saturated heterocycles. The van der Waals surface area contributed by atoms with E-state index in [4.69, 9.17) is 0 Å². The second-order valence-electron chi connectivity index (χ2n) is 6.49. The highest BCUT2D eigenvalue weighted by atomic mass is 16.6. The molecule has 8 nitrogen and oxygen atoms in total. The van der Waals surface area contributed by atoms with Crippen molar-refractivity contribution in [1.82, 2.24) is 15.1 Å². The van der Waals surface area contributed by atoms with Crippen LogP contribution in [-0.4, -0.2) is 41.3 Å². The second-order valence-corrected chi connectivity index (χ2v) is 6.49. The molecule has 1 N–H and O–H groups in total. The van der Waals surface area contributed by atoms with Gasteiger partial charge in [-0.2, -0.15) is 5.10 Å². The topological polar surface area (TPSA) is 93.3 Å². The van der Waals surface area contributed by atoms with E-state index in [1.807, 2.05) is 36.5 Å². The average Bonchev–Trinajstić information content (AvgIpc) is 3.17. The van der Waals surface area contributed by atoms with E-state index >= 15 is 0 Å². The van der Waals surface area contributed by atoms with Gasteiger partial charge in [0.1, 0.15) is 0 Å². The van der Waals surface area contributed by atoms with Gasteiger partial charge >= 0.3 is 0 Å². The van der Waals surface area contributed by atoms with E-state index < -0.39 is 4.92 Å². The van der Waals surface area contributed by atoms with E-state index in [0.29, 0.717) is 18.7 Å². The van der Waals surface area contributed by atoms with Crippen molar-refractivity contribution in [1.29, 1.82) is 0 Å². The number of amides is 1. The minimum Gasteiger partial charge on any atom is -0.377 e. The summed E-state index contributed by atoms with van der Waals surface area (Å²) in [4.78, 5) is 24.9. The predicted molar refractivity (Wildman–Crippen MR) is 107 cm³/mol. The number of benzene rings is 2. The molecule has 1 heterocycles. The first-order chi connectivity index (χ1) is 13.5. The lowest BCUT2D eigenvalue weighted by atomic mass is 10.1. The van der Waals surface area contributed by atoms with Crippen LogP contribution in [0.5, 0.6) is 0 Å². The molecule has 3 aromatic rings. The van der Waals surface area contributed by atoms with Crippen LogP contribution in [0.15, 0.2) is 60.9 Å². The minimum atomic E-state index is -0.506. The highest BCUT2D eigenvalue weighted by Crippen LogP contribution is 2.24. The Morgan fingerprint density at radius 1 is 1.21 bits per heavy atom. The Morgan fingerprint density at radius 3 is 2.64 bits per heavy atom. The molecular formula is C20H21N5O3. The smallest absolute Gasteiger partial charge is 0.270 e. The molecular weight excluding hydrogens is 358 g/mol. The quantitative estimate of drug-likeness (QED) is 0.503. The highest BCUT2D eigenvalue weighted by molar-refractivity contribution is 6.00. The molecule has 0 aliphatic carbocycles. The number of hydrogen-bond donors (Lipinski definition) is 1. The van der Waals surface area contributed by atoms with Crippen LogP contribution in [0.3, 0.4) is 0 Å². The zero-order chi connectivity index (χ0) is 20.1. The van der Waals surface area contributed by atoms with E-state index in [9.17, 15) is 14.9 Å². The Hall–Kier alpha value is -3.68.